The van der Waals surface area contributed by atoms with Crippen molar-refractivity contribution in [2.75, 3.05) is 32.9 Å². The fourth-order valence-corrected chi connectivity index (χ4v) is 2.55. The summed E-state index contributed by atoms with van der Waals surface area (Å²) in [7, 11) is 0. The second-order valence-electron chi connectivity index (χ2n) is 5.76. The lowest BCUT2D eigenvalue weighted by molar-refractivity contribution is 0.0674. The summed E-state index contributed by atoms with van der Waals surface area (Å²) in [5.74, 6) is 2.39. The Hall–Kier alpha value is -2.80. The number of hydrogen-bond donors (Lipinski definition) is 1. The molecule has 1 aliphatic rings. The van der Waals surface area contributed by atoms with Gasteiger partial charge in [-0.25, -0.2) is 9.98 Å². The van der Waals surface area contributed by atoms with Gasteiger partial charge in [0.05, 0.1) is 26.4 Å². The highest BCUT2D eigenvalue weighted by Gasteiger charge is 2.12. The maximum Gasteiger partial charge on any atom is 0.219 e. The van der Waals surface area contributed by atoms with Gasteiger partial charge >= 0.3 is 0 Å². The molecular weight excluding hydrogens is 332 g/mol. The molecule has 138 valence electrons. The van der Waals surface area contributed by atoms with E-state index in [1.165, 1.54) is 0 Å². The third kappa shape index (κ3) is 4.86. The van der Waals surface area contributed by atoms with Crippen LogP contribution in [-0.2, 0) is 11.3 Å². The molecule has 0 unspecified atom stereocenters. The van der Waals surface area contributed by atoms with E-state index in [2.05, 4.69) is 9.98 Å². The number of aromatic nitrogens is 1. The van der Waals surface area contributed by atoms with E-state index in [1.807, 2.05) is 48.2 Å². The van der Waals surface area contributed by atoms with Crippen molar-refractivity contribution in [2.24, 2.45) is 10.7 Å². The Balaban J connectivity index is 1.60. The number of para-hydroxylation sites is 2. The van der Waals surface area contributed by atoms with E-state index in [4.69, 9.17) is 19.9 Å². The Kier molecular flexibility index (Phi) is 6.27. The predicted octanol–water partition coefficient (Wildman–Crippen LogP) is 2.42. The average Bonchev–Trinajstić information content (AvgIpc) is 2.69. The van der Waals surface area contributed by atoms with Gasteiger partial charge in [0.25, 0.3) is 0 Å². The zero-order chi connectivity index (χ0) is 18.2. The standard InChI is InChI=1S/C19H24N4O3/c1-2-25-16-5-3-4-6-17(16)26-18-8-7-15(13-21-18)14-22-19(20)23-9-11-24-12-10-23/h3-8,13H,2,9-12,14H2,1H3,(H2,20,22). The molecule has 0 atom stereocenters. The fraction of sp³-hybridized carbons (Fsp3) is 0.368. The van der Waals surface area contributed by atoms with Crippen molar-refractivity contribution in [3.8, 4) is 17.4 Å². The summed E-state index contributed by atoms with van der Waals surface area (Å²) in [6.45, 7) is 5.92. The van der Waals surface area contributed by atoms with Gasteiger partial charge in [-0.05, 0) is 24.6 Å². The van der Waals surface area contributed by atoms with Crippen molar-refractivity contribution in [3.05, 3.63) is 48.2 Å². The van der Waals surface area contributed by atoms with Crippen LogP contribution in [0.25, 0.3) is 0 Å². The van der Waals surface area contributed by atoms with Crippen LogP contribution in [0.1, 0.15) is 12.5 Å². The third-order valence-electron chi connectivity index (χ3n) is 3.92. The van der Waals surface area contributed by atoms with E-state index in [0.29, 0.717) is 49.7 Å². The molecule has 0 saturated carbocycles. The molecule has 1 saturated heterocycles. The van der Waals surface area contributed by atoms with Gasteiger partial charge in [-0.15, -0.1) is 0 Å². The predicted molar refractivity (Wildman–Crippen MR) is 99.6 cm³/mol. The van der Waals surface area contributed by atoms with Crippen molar-refractivity contribution in [1.29, 1.82) is 0 Å². The third-order valence-corrected chi connectivity index (χ3v) is 3.92. The number of pyridine rings is 1. The lowest BCUT2D eigenvalue weighted by atomic mass is 10.3. The summed E-state index contributed by atoms with van der Waals surface area (Å²) in [4.78, 5) is 10.8. The number of hydrogen-bond acceptors (Lipinski definition) is 5. The van der Waals surface area contributed by atoms with Crippen LogP contribution < -0.4 is 15.2 Å². The molecular formula is C19H24N4O3. The van der Waals surface area contributed by atoms with Gasteiger partial charge in [0.2, 0.25) is 5.88 Å². The second-order valence-corrected chi connectivity index (χ2v) is 5.76. The second kappa shape index (κ2) is 9.05. The molecule has 1 aliphatic heterocycles. The molecule has 0 spiro atoms. The van der Waals surface area contributed by atoms with Crippen LogP contribution in [-0.4, -0.2) is 48.8 Å². The van der Waals surface area contributed by atoms with E-state index < -0.39 is 0 Å². The van der Waals surface area contributed by atoms with Crippen LogP contribution in [0.3, 0.4) is 0 Å². The number of morpholine rings is 1. The monoisotopic (exact) mass is 356 g/mol. The minimum atomic E-state index is 0.478. The van der Waals surface area contributed by atoms with Crippen LogP contribution in [0.5, 0.6) is 17.4 Å². The van der Waals surface area contributed by atoms with Crippen LogP contribution in [0, 0.1) is 0 Å². The SMILES string of the molecule is CCOc1ccccc1Oc1ccc(CN=C(N)N2CCOCC2)cn1. The number of nitrogens with two attached hydrogens (primary N) is 1. The van der Waals surface area contributed by atoms with Gasteiger partial charge in [0, 0.05) is 25.4 Å². The minimum absolute atomic E-state index is 0.478. The van der Waals surface area contributed by atoms with E-state index in [-0.39, 0.29) is 0 Å². The summed E-state index contributed by atoms with van der Waals surface area (Å²) in [5, 5.41) is 0. The highest BCUT2D eigenvalue weighted by atomic mass is 16.5. The number of nitrogens with zero attached hydrogens (tertiary/aromatic N) is 3. The maximum absolute atomic E-state index is 6.03. The highest BCUT2D eigenvalue weighted by molar-refractivity contribution is 5.78. The topological polar surface area (TPSA) is 82.2 Å². The van der Waals surface area contributed by atoms with Crippen molar-refractivity contribution in [1.82, 2.24) is 9.88 Å². The molecule has 0 radical (unpaired) electrons. The molecule has 7 nitrogen and oxygen atoms in total. The van der Waals surface area contributed by atoms with E-state index >= 15 is 0 Å². The fourth-order valence-electron chi connectivity index (χ4n) is 2.55. The van der Waals surface area contributed by atoms with Gasteiger partial charge in [-0.2, -0.15) is 0 Å². The van der Waals surface area contributed by atoms with E-state index in [1.54, 1.807) is 6.20 Å². The lowest BCUT2D eigenvalue weighted by Gasteiger charge is -2.27. The zero-order valence-corrected chi connectivity index (χ0v) is 14.9. The molecule has 7 heteroatoms. The molecule has 3 rings (SSSR count). The first-order chi connectivity index (χ1) is 12.8. The minimum Gasteiger partial charge on any atom is -0.490 e. The highest BCUT2D eigenvalue weighted by Crippen LogP contribution is 2.30. The summed E-state index contributed by atoms with van der Waals surface area (Å²) in [5.41, 5.74) is 7.00. The maximum atomic E-state index is 6.03. The first kappa shape index (κ1) is 18.0. The summed E-state index contributed by atoms with van der Waals surface area (Å²) >= 11 is 0. The Morgan fingerprint density at radius 3 is 2.65 bits per heavy atom. The molecule has 0 bridgehead atoms. The molecule has 2 heterocycles. The van der Waals surface area contributed by atoms with Crippen molar-refractivity contribution < 1.29 is 14.2 Å². The van der Waals surface area contributed by atoms with Crippen molar-refractivity contribution in [2.45, 2.75) is 13.5 Å². The van der Waals surface area contributed by atoms with Gasteiger partial charge in [-0.3, -0.25) is 0 Å². The van der Waals surface area contributed by atoms with E-state index in [0.717, 1.165) is 18.7 Å². The normalized spacial score (nSPS) is 15.0. The molecule has 26 heavy (non-hydrogen) atoms. The zero-order valence-electron chi connectivity index (χ0n) is 14.9. The molecule has 1 aromatic heterocycles. The van der Waals surface area contributed by atoms with Crippen LogP contribution in [0.4, 0.5) is 0 Å². The first-order valence-electron chi connectivity index (χ1n) is 8.73. The van der Waals surface area contributed by atoms with Gasteiger partial charge in [0.15, 0.2) is 17.5 Å². The number of aliphatic imine (C=N–C) groups is 1. The van der Waals surface area contributed by atoms with Crippen LogP contribution in [0.2, 0.25) is 0 Å². The number of rotatable bonds is 6. The molecule has 1 fully saturated rings. The largest absolute Gasteiger partial charge is 0.490 e. The number of benzene rings is 1. The van der Waals surface area contributed by atoms with Gasteiger partial charge in [-0.1, -0.05) is 18.2 Å². The Morgan fingerprint density at radius 1 is 1.19 bits per heavy atom. The molecule has 0 aliphatic carbocycles. The molecule has 1 aromatic carbocycles. The van der Waals surface area contributed by atoms with Gasteiger partial charge in [0.1, 0.15) is 0 Å². The van der Waals surface area contributed by atoms with Gasteiger partial charge < -0.3 is 24.8 Å². The summed E-state index contributed by atoms with van der Waals surface area (Å²) < 4.78 is 16.7. The van der Waals surface area contributed by atoms with E-state index in [9.17, 15) is 0 Å². The van der Waals surface area contributed by atoms with Crippen LogP contribution in [0.15, 0.2) is 47.6 Å². The lowest BCUT2D eigenvalue weighted by Crippen LogP contribution is -2.44. The van der Waals surface area contributed by atoms with Crippen molar-refractivity contribution in [3.63, 3.8) is 0 Å². The smallest absolute Gasteiger partial charge is 0.219 e. The average molecular weight is 356 g/mol. The summed E-state index contributed by atoms with van der Waals surface area (Å²) in [6, 6.07) is 11.3. The number of guanidine groups is 1. The van der Waals surface area contributed by atoms with Crippen molar-refractivity contribution >= 4 is 5.96 Å². The summed E-state index contributed by atoms with van der Waals surface area (Å²) in [6.07, 6.45) is 1.74. The quantitative estimate of drug-likeness (QED) is 0.632. The molecule has 2 N–H and O–H groups in total. The Bertz CT molecular complexity index is 728. The molecule has 0 amide bonds. The first-order valence-corrected chi connectivity index (χ1v) is 8.73. The Labute approximate surface area is 153 Å². The molecule has 2 aromatic rings. The Morgan fingerprint density at radius 2 is 1.96 bits per heavy atom. The van der Waals surface area contributed by atoms with Crippen LogP contribution >= 0.6 is 0 Å². The number of ether oxygens (including phenoxy) is 3.